The number of rotatable bonds is 6. The van der Waals surface area contributed by atoms with Crippen molar-refractivity contribution in [3.05, 3.63) is 47.0 Å². The van der Waals surface area contributed by atoms with Crippen molar-refractivity contribution >= 4 is 17.6 Å². The second kappa shape index (κ2) is 7.19. The molecule has 0 saturated carbocycles. The van der Waals surface area contributed by atoms with Crippen LogP contribution in [-0.2, 0) is 9.53 Å². The molecule has 3 nitrogen and oxygen atoms in total. The van der Waals surface area contributed by atoms with Crippen molar-refractivity contribution in [3.63, 3.8) is 0 Å². The van der Waals surface area contributed by atoms with Gasteiger partial charge >= 0.3 is 5.97 Å². The predicted molar refractivity (Wildman–Crippen MR) is 71.4 cm³/mol. The van der Waals surface area contributed by atoms with E-state index in [0.717, 1.165) is 12.8 Å². The highest BCUT2D eigenvalue weighted by Crippen LogP contribution is 2.23. The Labute approximate surface area is 112 Å². The first-order valence-corrected chi connectivity index (χ1v) is 6.23. The van der Waals surface area contributed by atoms with E-state index in [9.17, 15) is 9.90 Å². The number of aliphatic hydroxyl groups is 1. The van der Waals surface area contributed by atoms with Gasteiger partial charge in [0.05, 0.1) is 12.2 Å². The molecule has 1 unspecified atom stereocenters. The van der Waals surface area contributed by atoms with Gasteiger partial charge in [0.25, 0.3) is 0 Å². The summed E-state index contributed by atoms with van der Waals surface area (Å²) in [7, 11) is 0. The maximum absolute atomic E-state index is 11.6. The van der Waals surface area contributed by atoms with Crippen molar-refractivity contribution in [3.8, 4) is 0 Å². The highest BCUT2D eigenvalue weighted by molar-refractivity contribution is 6.30. The molecule has 0 aliphatic heterocycles. The number of halogens is 1. The summed E-state index contributed by atoms with van der Waals surface area (Å²) in [6.07, 6.45) is 0.654. The number of carbonyl (C=O) groups excluding carboxylic acids is 1. The molecule has 0 aromatic heterocycles. The average molecular weight is 269 g/mol. The quantitative estimate of drug-likeness (QED) is 0.489. The molecule has 0 amide bonds. The van der Waals surface area contributed by atoms with Crippen LogP contribution in [-0.4, -0.2) is 17.7 Å². The van der Waals surface area contributed by atoms with Crippen LogP contribution in [0, 0.1) is 0 Å². The first-order valence-electron chi connectivity index (χ1n) is 5.85. The Kier molecular flexibility index (Phi) is 5.89. The SMILES string of the molecule is C=C(C(=O)OCCCC)C(O)c1cccc(Cl)c1. The van der Waals surface area contributed by atoms with Crippen molar-refractivity contribution in [2.75, 3.05) is 6.61 Å². The lowest BCUT2D eigenvalue weighted by Crippen LogP contribution is -2.14. The van der Waals surface area contributed by atoms with Crippen molar-refractivity contribution in [2.45, 2.75) is 25.9 Å². The van der Waals surface area contributed by atoms with Gasteiger partial charge in [-0.25, -0.2) is 4.79 Å². The molecule has 0 aliphatic rings. The van der Waals surface area contributed by atoms with Gasteiger partial charge in [-0.15, -0.1) is 0 Å². The summed E-state index contributed by atoms with van der Waals surface area (Å²) in [6, 6.07) is 6.68. The summed E-state index contributed by atoms with van der Waals surface area (Å²) in [5, 5.41) is 10.5. The van der Waals surface area contributed by atoms with E-state index in [2.05, 4.69) is 6.58 Å². The molecule has 0 saturated heterocycles. The number of hydrogen-bond donors (Lipinski definition) is 1. The molecule has 4 heteroatoms. The topological polar surface area (TPSA) is 46.5 Å². The summed E-state index contributed by atoms with van der Waals surface area (Å²) < 4.78 is 4.99. The smallest absolute Gasteiger partial charge is 0.336 e. The molecule has 98 valence electrons. The second-order valence-electron chi connectivity index (χ2n) is 3.97. The van der Waals surface area contributed by atoms with Crippen LogP contribution in [0.25, 0.3) is 0 Å². The van der Waals surface area contributed by atoms with Crippen molar-refractivity contribution in [1.29, 1.82) is 0 Å². The lowest BCUT2D eigenvalue weighted by atomic mass is 10.0. The summed E-state index contributed by atoms with van der Waals surface area (Å²) in [4.78, 5) is 11.6. The number of carbonyl (C=O) groups is 1. The summed E-state index contributed by atoms with van der Waals surface area (Å²) >= 11 is 5.82. The van der Waals surface area contributed by atoms with Gasteiger partial charge in [-0.3, -0.25) is 0 Å². The molecule has 0 heterocycles. The number of ether oxygens (including phenoxy) is 1. The Morgan fingerprint density at radius 3 is 2.89 bits per heavy atom. The lowest BCUT2D eigenvalue weighted by molar-refractivity contribution is -0.140. The molecule has 1 rings (SSSR count). The Hall–Kier alpha value is -1.32. The van der Waals surface area contributed by atoms with Crippen LogP contribution in [0.5, 0.6) is 0 Å². The summed E-state index contributed by atoms with van der Waals surface area (Å²) in [6.45, 7) is 5.92. The van der Waals surface area contributed by atoms with E-state index in [4.69, 9.17) is 16.3 Å². The third-order valence-corrected chi connectivity index (χ3v) is 2.72. The molecular weight excluding hydrogens is 252 g/mol. The van der Waals surface area contributed by atoms with Gasteiger partial charge in [0.15, 0.2) is 0 Å². The zero-order chi connectivity index (χ0) is 13.5. The maximum Gasteiger partial charge on any atom is 0.336 e. The van der Waals surface area contributed by atoms with E-state index >= 15 is 0 Å². The van der Waals surface area contributed by atoms with Crippen LogP contribution in [0.1, 0.15) is 31.4 Å². The Morgan fingerprint density at radius 1 is 1.56 bits per heavy atom. The van der Waals surface area contributed by atoms with Gasteiger partial charge in [0, 0.05) is 5.02 Å². The number of hydrogen-bond acceptors (Lipinski definition) is 3. The van der Waals surface area contributed by atoms with E-state index in [-0.39, 0.29) is 5.57 Å². The lowest BCUT2D eigenvalue weighted by Gasteiger charge is -2.13. The monoisotopic (exact) mass is 268 g/mol. The molecule has 1 atom stereocenters. The molecular formula is C14H17ClO3. The van der Waals surface area contributed by atoms with Crippen LogP contribution in [0.2, 0.25) is 5.02 Å². The Morgan fingerprint density at radius 2 is 2.28 bits per heavy atom. The number of unbranched alkanes of at least 4 members (excludes halogenated alkanes) is 1. The average Bonchev–Trinajstić information content (AvgIpc) is 2.37. The van der Waals surface area contributed by atoms with E-state index in [0.29, 0.717) is 17.2 Å². The van der Waals surface area contributed by atoms with Gasteiger partial charge < -0.3 is 9.84 Å². The summed E-state index contributed by atoms with van der Waals surface area (Å²) in [5.74, 6) is -0.573. The molecule has 0 bridgehead atoms. The fourth-order valence-electron chi connectivity index (χ4n) is 1.39. The van der Waals surface area contributed by atoms with E-state index in [1.165, 1.54) is 0 Å². The molecule has 1 aromatic rings. The maximum atomic E-state index is 11.6. The first-order chi connectivity index (χ1) is 8.56. The normalized spacial score (nSPS) is 11.9. The zero-order valence-corrected chi connectivity index (χ0v) is 11.1. The van der Waals surface area contributed by atoms with Crippen LogP contribution in [0.3, 0.4) is 0 Å². The van der Waals surface area contributed by atoms with Gasteiger partial charge in [0.2, 0.25) is 0 Å². The number of aliphatic hydroxyl groups excluding tert-OH is 1. The van der Waals surface area contributed by atoms with Crippen LogP contribution >= 0.6 is 11.6 Å². The van der Waals surface area contributed by atoms with E-state index in [1.54, 1.807) is 24.3 Å². The zero-order valence-electron chi connectivity index (χ0n) is 10.4. The highest BCUT2D eigenvalue weighted by atomic mass is 35.5. The van der Waals surface area contributed by atoms with Crippen molar-refractivity contribution in [1.82, 2.24) is 0 Å². The fourth-order valence-corrected chi connectivity index (χ4v) is 1.59. The second-order valence-corrected chi connectivity index (χ2v) is 4.41. The standard InChI is InChI=1S/C14H17ClO3/c1-3-4-8-18-14(17)10(2)13(16)11-6-5-7-12(15)9-11/h5-7,9,13,16H,2-4,8H2,1H3. The molecule has 1 aromatic carbocycles. The van der Waals surface area contributed by atoms with E-state index in [1.807, 2.05) is 6.92 Å². The van der Waals surface area contributed by atoms with Gasteiger partial charge in [0.1, 0.15) is 6.10 Å². The van der Waals surface area contributed by atoms with Gasteiger partial charge in [-0.2, -0.15) is 0 Å². The highest BCUT2D eigenvalue weighted by Gasteiger charge is 2.19. The minimum absolute atomic E-state index is 0.0216. The van der Waals surface area contributed by atoms with Crippen LogP contribution in [0.4, 0.5) is 0 Å². The largest absolute Gasteiger partial charge is 0.462 e. The fraction of sp³-hybridized carbons (Fsp3) is 0.357. The molecule has 0 fully saturated rings. The van der Waals surface area contributed by atoms with Crippen LogP contribution in [0.15, 0.2) is 36.4 Å². The van der Waals surface area contributed by atoms with Gasteiger partial charge in [-0.05, 0) is 24.1 Å². The molecule has 0 spiro atoms. The van der Waals surface area contributed by atoms with Crippen molar-refractivity contribution in [2.24, 2.45) is 0 Å². The summed E-state index contributed by atoms with van der Waals surface area (Å²) in [5.41, 5.74) is 0.549. The minimum atomic E-state index is -1.09. The van der Waals surface area contributed by atoms with E-state index < -0.39 is 12.1 Å². The molecule has 1 N–H and O–H groups in total. The predicted octanol–water partition coefficient (Wildman–Crippen LogP) is 3.27. The molecule has 18 heavy (non-hydrogen) atoms. The van der Waals surface area contributed by atoms with Gasteiger partial charge in [-0.1, -0.05) is 43.7 Å². The number of esters is 1. The van der Waals surface area contributed by atoms with Crippen LogP contribution < -0.4 is 0 Å². The minimum Gasteiger partial charge on any atom is -0.462 e. The number of benzene rings is 1. The molecule has 0 aliphatic carbocycles. The first kappa shape index (κ1) is 14.7. The van der Waals surface area contributed by atoms with Crippen molar-refractivity contribution < 1.29 is 14.6 Å². The third kappa shape index (κ3) is 4.17. The Balaban J connectivity index is 2.63. The third-order valence-electron chi connectivity index (χ3n) is 2.49. The molecule has 0 radical (unpaired) electrons. The Bertz CT molecular complexity index is 429.